The van der Waals surface area contributed by atoms with Gasteiger partial charge in [0.25, 0.3) is 0 Å². The first-order valence-corrected chi connectivity index (χ1v) is 8.13. The predicted molar refractivity (Wildman–Crippen MR) is 90.6 cm³/mol. The second-order valence-electron chi connectivity index (χ2n) is 6.26. The van der Waals surface area contributed by atoms with Crippen molar-refractivity contribution in [1.82, 2.24) is 4.98 Å². The summed E-state index contributed by atoms with van der Waals surface area (Å²) in [6.07, 6.45) is 0. The molecule has 1 aromatic heterocycles. The maximum absolute atomic E-state index is 9.62. The summed E-state index contributed by atoms with van der Waals surface area (Å²) in [7, 11) is 0. The lowest BCUT2D eigenvalue weighted by Crippen LogP contribution is -2.18. The third-order valence-corrected chi connectivity index (χ3v) is 4.46. The van der Waals surface area contributed by atoms with E-state index in [0.29, 0.717) is 0 Å². The zero-order valence-corrected chi connectivity index (χ0v) is 14.3. The molecule has 0 bridgehead atoms. The van der Waals surface area contributed by atoms with Crippen LogP contribution in [0.15, 0.2) is 24.3 Å². The number of hydrogen-bond donors (Lipinski definition) is 1. The van der Waals surface area contributed by atoms with Crippen LogP contribution < -0.4 is 4.90 Å². The SMILES string of the molecule is CCN(c1cccc(C)c1)c1nc(C(C)(C)C)c(CO)s1. The molecule has 1 aromatic carbocycles. The number of nitrogens with zero attached hydrogens (tertiary/aromatic N) is 2. The molecule has 0 aliphatic rings. The van der Waals surface area contributed by atoms with Crippen LogP contribution in [0, 0.1) is 6.92 Å². The molecule has 1 heterocycles. The third kappa shape index (κ3) is 3.44. The molecule has 0 amide bonds. The molecule has 4 heteroatoms. The number of aryl methyl sites for hydroxylation is 1. The van der Waals surface area contributed by atoms with Crippen LogP contribution >= 0.6 is 11.3 Å². The van der Waals surface area contributed by atoms with E-state index in [2.05, 4.69) is 63.8 Å². The zero-order chi connectivity index (χ0) is 15.6. The first-order chi connectivity index (χ1) is 9.86. The lowest BCUT2D eigenvalue weighted by atomic mass is 9.91. The first kappa shape index (κ1) is 16.0. The molecule has 21 heavy (non-hydrogen) atoms. The van der Waals surface area contributed by atoms with Crippen molar-refractivity contribution in [3.8, 4) is 0 Å². The third-order valence-electron chi connectivity index (χ3n) is 3.40. The van der Waals surface area contributed by atoms with Crippen LogP contribution in [0.4, 0.5) is 10.8 Å². The molecule has 2 aromatic rings. The van der Waals surface area contributed by atoms with Gasteiger partial charge in [0.2, 0.25) is 0 Å². The number of aliphatic hydroxyl groups is 1. The maximum atomic E-state index is 9.62. The molecule has 0 atom stereocenters. The van der Waals surface area contributed by atoms with Gasteiger partial charge >= 0.3 is 0 Å². The summed E-state index contributed by atoms with van der Waals surface area (Å²) in [6.45, 7) is 11.5. The molecular formula is C17H24N2OS. The van der Waals surface area contributed by atoms with Gasteiger partial charge in [-0.25, -0.2) is 4.98 Å². The van der Waals surface area contributed by atoms with Crippen molar-refractivity contribution >= 4 is 22.2 Å². The molecular weight excluding hydrogens is 280 g/mol. The highest BCUT2D eigenvalue weighted by atomic mass is 32.1. The lowest BCUT2D eigenvalue weighted by molar-refractivity contribution is 0.282. The van der Waals surface area contributed by atoms with E-state index in [0.717, 1.165) is 27.9 Å². The summed E-state index contributed by atoms with van der Waals surface area (Å²) in [5.74, 6) is 0. The van der Waals surface area contributed by atoms with E-state index in [-0.39, 0.29) is 12.0 Å². The Morgan fingerprint density at radius 3 is 2.48 bits per heavy atom. The van der Waals surface area contributed by atoms with Gasteiger partial charge in [0.05, 0.1) is 17.2 Å². The molecule has 0 radical (unpaired) electrons. The Labute approximate surface area is 131 Å². The van der Waals surface area contributed by atoms with E-state index in [9.17, 15) is 5.11 Å². The molecule has 0 spiro atoms. The van der Waals surface area contributed by atoms with Crippen LogP contribution in [0.3, 0.4) is 0 Å². The summed E-state index contributed by atoms with van der Waals surface area (Å²) in [6, 6.07) is 8.44. The minimum absolute atomic E-state index is 0.0512. The van der Waals surface area contributed by atoms with Crippen LogP contribution in [0.5, 0.6) is 0 Å². The maximum Gasteiger partial charge on any atom is 0.190 e. The zero-order valence-electron chi connectivity index (χ0n) is 13.5. The van der Waals surface area contributed by atoms with Crippen molar-refractivity contribution in [1.29, 1.82) is 0 Å². The average Bonchev–Trinajstić information content (AvgIpc) is 2.84. The van der Waals surface area contributed by atoms with E-state index in [4.69, 9.17) is 4.98 Å². The quantitative estimate of drug-likeness (QED) is 0.909. The fraction of sp³-hybridized carbons (Fsp3) is 0.471. The Kier molecular flexibility index (Phi) is 4.69. The minimum atomic E-state index is -0.0567. The predicted octanol–water partition coefficient (Wildman–Crippen LogP) is 4.40. The highest BCUT2D eigenvalue weighted by molar-refractivity contribution is 7.15. The Bertz CT molecular complexity index is 613. The lowest BCUT2D eigenvalue weighted by Gasteiger charge is -2.21. The van der Waals surface area contributed by atoms with E-state index in [1.807, 2.05) is 0 Å². The molecule has 0 saturated carbocycles. The minimum Gasteiger partial charge on any atom is -0.391 e. The standard InChI is InChI=1S/C17H24N2OS/c1-6-19(13-9-7-8-12(2)10-13)16-18-15(17(3,4)5)14(11-20)21-16/h7-10,20H,6,11H2,1-5H3. The monoisotopic (exact) mass is 304 g/mol. The average molecular weight is 304 g/mol. The number of aliphatic hydroxyl groups excluding tert-OH is 1. The van der Waals surface area contributed by atoms with Crippen LogP contribution in [-0.2, 0) is 12.0 Å². The van der Waals surface area contributed by atoms with E-state index in [1.165, 1.54) is 5.56 Å². The Morgan fingerprint density at radius 2 is 2.00 bits per heavy atom. The summed E-state index contributed by atoms with van der Waals surface area (Å²) < 4.78 is 0. The van der Waals surface area contributed by atoms with Gasteiger partial charge in [0, 0.05) is 17.6 Å². The van der Waals surface area contributed by atoms with Crippen molar-refractivity contribution in [2.45, 2.75) is 46.6 Å². The number of hydrogen-bond acceptors (Lipinski definition) is 4. The summed E-state index contributed by atoms with van der Waals surface area (Å²) in [4.78, 5) is 7.98. The molecule has 0 aliphatic heterocycles. The smallest absolute Gasteiger partial charge is 0.190 e. The van der Waals surface area contributed by atoms with Crippen molar-refractivity contribution in [2.24, 2.45) is 0 Å². The van der Waals surface area contributed by atoms with Gasteiger partial charge in [-0.1, -0.05) is 44.2 Å². The first-order valence-electron chi connectivity index (χ1n) is 7.32. The number of anilines is 2. The molecule has 1 N–H and O–H groups in total. The fourth-order valence-electron chi connectivity index (χ4n) is 2.37. The van der Waals surface area contributed by atoms with Crippen LogP contribution in [0.2, 0.25) is 0 Å². The van der Waals surface area contributed by atoms with Crippen LogP contribution in [-0.4, -0.2) is 16.6 Å². The van der Waals surface area contributed by atoms with Gasteiger partial charge in [0.15, 0.2) is 5.13 Å². The van der Waals surface area contributed by atoms with Gasteiger partial charge in [-0.05, 0) is 31.5 Å². The van der Waals surface area contributed by atoms with Crippen molar-refractivity contribution in [3.63, 3.8) is 0 Å². The van der Waals surface area contributed by atoms with Gasteiger partial charge in [-0.3, -0.25) is 0 Å². The Morgan fingerprint density at radius 1 is 1.29 bits per heavy atom. The molecule has 2 rings (SSSR count). The second-order valence-corrected chi connectivity index (χ2v) is 7.32. The second kappa shape index (κ2) is 6.16. The number of aromatic nitrogens is 1. The summed E-state index contributed by atoms with van der Waals surface area (Å²) >= 11 is 1.58. The normalized spacial score (nSPS) is 11.7. The largest absolute Gasteiger partial charge is 0.391 e. The molecule has 0 saturated heterocycles. The van der Waals surface area contributed by atoms with Gasteiger partial charge < -0.3 is 10.0 Å². The topological polar surface area (TPSA) is 36.4 Å². The number of benzene rings is 1. The molecule has 114 valence electrons. The van der Waals surface area contributed by atoms with Gasteiger partial charge in [0.1, 0.15) is 0 Å². The molecule has 0 fully saturated rings. The summed E-state index contributed by atoms with van der Waals surface area (Å²) in [5.41, 5.74) is 3.33. The number of thiazole rings is 1. The highest BCUT2D eigenvalue weighted by Gasteiger charge is 2.24. The number of rotatable bonds is 4. The Hall–Kier alpha value is -1.39. The Balaban J connectivity index is 2.46. The van der Waals surface area contributed by atoms with Crippen LogP contribution in [0.1, 0.15) is 43.8 Å². The van der Waals surface area contributed by atoms with E-state index >= 15 is 0 Å². The van der Waals surface area contributed by atoms with E-state index in [1.54, 1.807) is 11.3 Å². The van der Waals surface area contributed by atoms with Crippen LogP contribution in [0.25, 0.3) is 0 Å². The molecule has 0 aliphatic carbocycles. The van der Waals surface area contributed by atoms with Crippen molar-refractivity contribution in [3.05, 3.63) is 40.4 Å². The van der Waals surface area contributed by atoms with E-state index < -0.39 is 0 Å². The molecule has 3 nitrogen and oxygen atoms in total. The van der Waals surface area contributed by atoms with Crippen molar-refractivity contribution in [2.75, 3.05) is 11.4 Å². The van der Waals surface area contributed by atoms with Crippen molar-refractivity contribution < 1.29 is 5.11 Å². The highest BCUT2D eigenvalue weighted by Crippen LogP contribution is 2.36. The van der Waals surface area contributed by atoms with Gasteiger partial charge in [-0.15, -0.1) is 0 Å². The fourth-order valence-corrected chi connectivity index (χ4v) is 3.59. The summed E-state index contributed by atoms with van der Waals surface area (Å²) in [5, 5.41) is 10.6. The molecule has 0 unspecified atom stereocenters. The van der Waals surface area contributed by atoms with Gasteiger partial charge in [-0.2, -0.15) is 0 Å².